The molecule has 0 radical (unpaired) electrons. The number of hydrogen-bond donors (Lipinski definition) is 1. The smallest absolute Gasteiger partial charge is 0.341 e. The first-order valence-electron chi connectivity index (χ1n) is 10.6. The van der Waals surface area contributed by atoms with E-state index in [1.165, 1.54) is 19.3 Å². The molecule has 29 heavy (non-hydrogen) atoms. The minimum atomic E-state index is -0.336. The van der Waals surface area contributed by atoms with Crippen molar-refractivity contribution in [1.29, 1.82) is 0 Å². The third-order valence-corrected chi connectivity index (χ3v) is 6.07. The lowest BCUT2D eigenvalue weighted by atomic mass is 9.85. The monoisotopic (exact) mass is 391 g/mol. The lowest BCUT2D eigenvalue weighted by Crippen LogP contribution is -2.31. The molecule has 0 bridgehead atoms. The standard InChI is InChI=1S/C24H29N3O2/c1-5-29-24(28)18-13-25-22-17-12-14(2)10-11-20(17)26-16(4)21(22)23(18)27-19-9-7-6-8-15(19)3/h10-13,15,19H,5-9H2,1-4H3,(H,25,27). The summed E-state index contributed by atoms with van der Waals surface area (Å²) in [7, 11) is 0. The van der Waals surface area contributed by atoms with E-state index in [1.807, 2.05) is 19.9 Å². The maximum atomic E-state index is 12.7. The third-order valence-electron chi connectivity index (χ3n) is 6.07. The molecule has 0 aliphatic heterocycles. The first-order valence-corrected chi connectivity index (χ1v) is 10.6. The molecule has 2 aromatic heterocycles. The molecule has 5 nitrogen and oxygen atoms in total. The fraction of sp³-hybridized carbons (Fsp3) is 0.458. The Morgan fingerprint density at radius 2 is 2.03 bits per heavy atom. The summed E-state index contributed by atoms with van der Waals surface area (Å²) in [6, 6.07) is 6.55. The van der Waals surface area contributed by atoms with Crippen molar-refractivity contribution in [1.82, 2.24) is 9.97 Å². The average molecular weight is 392 g/mol. The minimum Gasteiger partial charge on any atom is -0.462 e. The molecule has 1 aliphatic carbocycles. The van der Waals surface area contributed by atoms with Gasteiger partial charge in [0.25, 0.3) is 0 Å². The number of nitrogens with one attached hydrogen (secondary N) is 1. The summed E-state index contributed by atoms with van der Waals surface area (Å²) < 4.78 is 5.34. The van der Waals surface area contributed by atoms with Crippen LogP contribution in [0, 0.1) is 19.8 Å². The fourth-order valence-corrected chi connectivity index (χ4v) is 4.47. The summed E-state index contributed by atoms with van der Waals surface area (Å²) in [6.45, 7) is 8.51. The first kappa shape index (κ1) is 19.6. The summed E-state index contributed by atoms with van der Waals surface area (Å²) in [5.41, 5.74) is 5.16. The number of benzene rings is 1. The zero-order valence-electron chi connectivity index (χ0n) is 17.7. The molecule has 0 spiro atoms. The number of pyridine rings is 2. The number of anilines is 1. The molecule has 5 heteroatoms. The second-order valence-electron chi connectivity index (χ2n) is 8.22. The van der Waals surface area contributed by atoms with Crippen LogP contribution in [0.2, 0.25) is 0 Å². The van der Waals surface area contributed by atoms with Crippen LogP contribution in [0.1, 0.15) is 61.1 Å². The van der Waals surface area contributed by atoms with Gasteiger partial charge in [0, 0.05) is 28.7 Å². The molecule has 1 N–H and O–H groups in total. The van der Waals surface area contributed by atoms with Gasteiger partial charge in [0.15, 0.2) is 0 Å². The Hall–Kier alpha value is -2.69. The highest BCUT2D eigenvalue weighted by atomic mass is 16.5. The van der Waals surface area contributed by atoms with Crippen LogP contribution in [-0.4, -0.2) is 28.6 Å². The van der Waals surface area contributed by atoms with Gasteiger partial charge in [-0.3, -0.25) is 9.97 Å². The molecule has 1 aromatic carbocycles. The van der Waals surface area contributed by atoms with Crippen molar-refractivity contribution in [3.63, 3.8) is 0 Å². The number of carbonyl (C=O) groups is 1. The Bertz CT molecular complexity index is 1080. The van der Waals surface area contributed by atoms with Crippen molar-refractivity contribution in [3.8, 4) is 0 Å². The molecular formula is C24H29N3O2. The van der Waals surface area contributed by atoms with Gasteiger partial charge in [-0.1, -0.05) is 31.4 Å². The molecule has 0 saturated heterocycles. The van der Waals surface area contributed by atoms with Crippen LogP contribution >= 0.6 is 0 Å². The number of aryl methyl sites for hydroxylation is 2. The molecule has 0 amide bonds. The van der Waals surface area contributed by atoms with Gasteiger partial charge in [0.2, 0.25) is 0 Å². The second-order valence-corrected chi connectivity index (χ2v) is 8.22. The van der Waals surface area contributed by atoms with Gasteiger partial charge in [-0.05, 0) is 51.7 Å². The second kappa shape index (κ2) is 7.97. The zero-order valence-corrected chi connectivity index (χ0v) is 17.7. The summed E-state index contributed by atoms with van der Waals surface area (Å²) in [5.74, 6) is 0.217. The number of ether oxygens (including phenoxy) is 1. The molecule has 1 saturated carbocycles. The molecule has 2 heterocycles. The van der Waals surface area contributed by atoms with Crippen LogP contribution in [0.25, 0.3) is 21.8 Å². The Morgan fingerprint density at radius 1 is 1.24 bits per heavy atom. The summed E-state index contributed by atoms with van der Waals surface area (Å²) in [4.78, 5) is 22.3. The van der Waals surface area contributed by atoms with Gasteiger partial charge in [-0.15, -0.1) is 0 Å². The number of hydrogen-bond acceptors (Lipinski definition) is 5. The number of fused-ring (bicyclic) bond motifs is 3. The van der Waals surface area contributed by atoms with E-state index in [1.54, 1.807) is 6.20 Å². The first-order chi connectivity index (χ1) is 14.0. The highest BCUT2D eigenvalue weighted by molar-refractivity contribution is 6.13. The van der Waals surface area contributed by atoms with E-state index in [4.69, 9.17) is 14.7 Å². The van der Waals surface area contributed by atoms with Gasteiger partial charge in [0.05, 0.1) is 23.3 Å². The Morgan fingerprint density at radius 3 is 2.79 bits per heavy atom. The van der Waals surface area contributed by atoms with Crippen molar-refractivity contribution in [3.05, 3.63) is 41.2 Å². The number of aromatic nitrogens is 2. The summed E-state index contributed by atoms with van der Waals surface area (Å²) >= 11 is 0. The van der Waals surface area contributed by atoms with Crippen molar-refractivity contribution in [2.24, 2.45) is 5.92 Å². The lowest BCUT2D eigenvalue weighted by Gasteiger charge is -2.31. The molecule has 1 aliphatic rings. The normalized spacial score (nSPS) is 19.4. The molecule has 4 rings (SSSR count). The highest BCUT2D eigenvalue weighted by Gasteiger charge is 2.26. The predicted molar refractivity (Wildman–Crippen MR) is 118 cm³/mol. The van der Waals surface area contributed by atoms with Crippen molar-refractivity contribution < 1.29 is 9.53 Å². The fourth-order valence-electron chi connectivity index (χ4n) is 4.47. The Kier molecular flexibility index (Phi) is 5.39. The van der Waals surface area contributed by atoms with E-state index < -0.39 is 0 Å². The van der Waals surface area contributed by atoms with E-state index >= 15 is 0 Å². The Labute approximate surface area is 171 Å². The van der Waals surface area contributed by atoms with Gasteiger partial charge in [0.1, 0.15) is 5.56 Å². The van der Waals surface area contributed by atoms with Crippen molar-refractivity contribution in [2.45, 2.75) is 59.4 Å². The van der Waals surface area contributed by atoms with E-state index in [0.29, 0.717) is 24.1 Å². The molecule has 152 valence electrons. The average Bonchev–Trinajstić information content (AvgIpc) is 2.70. The molecule has 2 atom stereocenters. The number of rotatable bonds is 4. The van der Waals surface area contributed by atoms with Crippen LogP contribution in [0.4, 0.5) is 5.69 Å². The van der Waals surface area contributed by atoms with Crippen molar-refractivity contribution >= 4 is 33.5 Å². The number of esters is 1. The van der Waals surface area contributed by atoms with E-state index in [9.17, 15) is 4.79 Å². The van der Waals surface area contributed by atoms with E-state index in [0.717, 1.165) is 45.2 Å². The number of nitrogens with zero attached hydrogens (tertiary/aromatic N) is 2. The number of carbonyl (C=O) groups excluding carboxylic acids is 1. The van der Waals surface area contributed by atoms with Gasteiger partial charge < -0.3 is 10.1 Å². The third kappa shape index (κ3) is 3.66. The van der Waals surface area contributed by atoms with Gasteiger partial charge in [-0.2, -0.15) is 0 Å². The molecular weight excluding hydrogens is 362 g/mol. The molecule has 2 unspecified atom stereocenters. The van der Waals surface area contributed by atoms with Crippen LogP contribution in [-0.2, 0) is 4.74 Å². The highest BCUT2D eigenvalue weighted by Crippen LogP contribution is 2.36. The molecule has 1 fully saturated rings. The summed E-state index contributed by atoms with van der Waals surface area (Å²) in [5, 5.41) is 5.66. The zero-order chi connectivity index (χ0) is 20.5. The van der Waals surface area contributed by atoms with Crippen LogP contribution in [0.5, 0.6) is 0 Å². The Balaban J connectivity index is 1.96. The maximum Gasteiger partial charge on any atom is 0.341 e. The predicted octanol–water partition coefficient (Wildman–Crippen LogP) is 5.57. The largest absolute Gasteiger partial charge is 0.462 e. The van der Waals surface area contributed by atoms with Crippen LogP contribution in [0.3, 0.4) is 0 Å². The van der Waals surface area contributed by atoms with E-state index in [2.05, 4.69) is 31.3 Å². The SMILES string of the molecule is CCOC(=O)c1cnc2c(c(C)nc3ccc(C)cc32)c1NC1CCCCC1C. The van der Waals surface area contributed by atoms with Crippen molar-refractivity contribution in [2.75, 3.05) is 11.9 Å². The molecule has 3 aromatic rings. The minimum absolute atomic E-state index is 0.329. The lowest BCUT2D eigenvalue weighted by molar-refractivity contribution is 0.0527. The quantitative estimate of drug-likeness (QED) is 0.465. The topological polar surface area (TPSA) is 64.1 Å². The van der Waals surface area contributed by atoms with Gasteiger partial charge >= 0.3 is 5.97 Å². The van der Waals surface area contributed by atoms with Crippen LogP contribution in [0.15, 0.2) is 24.4 Å². The summed E-state index contributed by atoms with van der Waals surface area (Å²) in [6.07, 6.45) is 6.45. The van der Waals surface area contributed by atoms with Gasteiger partial charge in [-0.25, -0.2) is 4.79 Å². The van der Waals surface area contributed by atoms with Crippen LogP contribution < -0.4 is 5.32 Å². The maximum absolute atomic E-state index is 12.7. The van der Waals surface area contributed by atoms with E-state index in [-0.39, 0.29) is 5.97 Å².